The average Bonchev–Trinajstić information content (AvgIpc) is 3.10. The summed E-state index contributed by atoms with van der Waals surface area (Å²) < 4.78 is 8.02. The van der Waals surface area contributed by atoms with Crippen LogP contribution in [0.3, 0.4) is 0 Å². The van der Waals surface area contributed by atoms with Crippen molar-refractivity contribution in [1.29, 1.82) is 0 Å². The number of ether oxygens (including phenoxy) is 1. The summed E-state index contributed by atoms with van der Waals surface area (Å²) in [4.78, 5) is 21.8. The van der Waals surface area contributed by atoms with Crippen molar-refractivity contribution in [2.75, 3.05) is 26.0 Å². The number of rotatable bonds is 7. The van der Waals surface area contributed by atoms with Crippen LogP contribution in [0, 0.1) is 0 Å². The van der Waals surface area contributed by atoms with Crippen LogP contribution in [0.15, 0.2) is 52.1 Å². The van der Waals surface area contributed by atoms with E-state index in [4.69, 9.17) is 14.7 Å². The van der Waals surface area contributed by atoms with E-state index in [1.807, 2.05) is 46.9 Å². The molecule has 0 aliphatic heterocycles. The number of methoxy groups -OCH3 is 1. The van der Waals surface area contributed by atoms with Gasteiger partial charge in [-0.3, -0.25) is 9.20 Å². The van der Waals surface area contributed by atoms with Gasteiger partial charge in [0.25, 0.3) is 0 Å². The van der Waals surface area contributed by atoms with Gasteiger partial charge in [-0.25, -0.2) is 9.97 Å². The van der Waals surface area contributed by atoms with Crippen LogP contribution in [0.1, 0.15) is 6.42 Å². The van der Waals surface area contributed by atoms with Gasteiger partial charge in [0, 0.05) is 30.1 Å². The van der Waals surface area contributed by atoms with Crippen molar-refractivity contribution in [2.45, 2.75) is 11.6 Å². The summed E-state index contributed by atoms with van der Waals surface area (Å²) >= 11 is 4.95. The van der Waals surface area contributed by atoms with Gasteiger partial charge < -0.3 is 10.1 Å². The second-order valence-electron chi connectivity index (χ2n) is 6.30. The van der Waals surface area contributed by atoms with E-state index in [1.165, 1.54) is 11.8 Å². The maximum atomic E-state index is 12.2. The highest BCUT2D eigenvalue weighted by atomic mass is 79.9. The highest BCUT2D eigenvalue weighted by Crippen LogP contribution is 2.30. The third-order valence-electron chi connectivity index (χ3n) is 4.35. The molecule has 1 N–H and O–H groups in total. The quantitative estimate of drug-likeness (QED) is 0.257. The molecule has 0 aliphatic rings. The Balaban J connectivity index is 1.70. The molecule has 0 unspecified atom stereocenters. The van der Waals surface area contributed by atoms with E-state index in [0.29, 0.717) is 18.9 Å². The predicted octanol–water partition coefficient (Wildman–Crippen LogP) is 4.04. The van der Waals surface area contributed by atoms with Crippen molar-refractivity contribution in [3.8, 4) is 0 Å². The first kappa shape index (κ1) is 19.2. The molecule has 0 saturated heterocycles. The highest BCUT2D eigenvalue weighted by Gasteiger charge is 2.15. The van der Waals surface area contributed by atoms with Gasteiger partial charge in [-0.2, -0.15) is 0 Å². The fraction of sp³-hybridized carbons (Fsp3) is 0.250. The molecule has 1 amide bonds. The van der Waals surface area contributed by atoms with Crippen molar-refractivity contribution in [3.05, 3.63) is 46.9 Å². The Kier molecular flexibility index (Phi) is 5.79. The van der Waals surface area contributed by atoms with E-state index in [1.54, 1.807) is 7.11 Å². The molecular formula is C20H19BrN4O2S. The molecule has 0 fully saturated rings. The number of fused-ring (bicyclic) bond motifs is 5. The smallest absolute Gasteiger partial charge is 0.230 e. The molecule has 6 nitrogen and oxygen atoms in total. The summed E-state index contributed by atoms with van der Waals surface area (Å²) in [5.41, 5.74) is 3.59. The zero-order valence-corrected chi connectivity index (χ0v) is 17.7. The number of hydrogen-bond acceptors (Lipinski definition) is 5. The molecule has 0 bridgehead atoms. The number of carbonyl (C=O) groups excluding carboxylic acids is 1. The van der Waals surface area contributed by atoms with Gasteiger partial charge in [0.05, 0.1) is 22.3 Å². The fourth-order valence-corrected chi connectivity index (χ4v) is 4.26. The first-order valence-corrected chi connectivity index (χ1v) is 10.7. The van der Waals surface area contributed by atoms with E-state index in [9.17, 15) is 4.79 Å². The Bertz CT molecular complexity index is 1160. The molecule has 0 atom stereocenters. The minimum Gasteiger partial charge on any atom is -0.385 e. The van der Waals surface area contributed by atoms with Crippen LogP contribution in [0.25, 0.3) is 27.6 Å². The molecule has 2 heterocycles. The van der Waals surface area contributed by atoms with E-state index in [0.717, 1.165) is 43.6 Å². The first-order chi connectivity index (χ1) is 13.7. The van der Waals surface area contributed by atoms with Crippen molar-refractivity contribution in [2.24, 2.45) is 0 Å². The maximum absolute atomic E-state index is 12.2. The summed E-state index contributed by atoms with van der Waals surface area (Å²) in [5, 5.41) is 4.64. The van der Waals surface area contributed by atoms with Crippen molar-refractivity contribution in [1.82, 2.24) is 19.7 Å². The number of benzene rings is 2. The number of halogens is 1. The van der Waals surface area contributed by atoms with Gasteiger partial charge >= 0.3 is 0 Å². The molecule has 0 saturated carbocycles. The van der Waals surface area contributed by atoms with E-state index < -0.39 is 0 Å². The van der Waals surface area contributed by atoms with Gasteiger partial charge in [0.1, 0.15) is 5.65 Å². The Morgan fingerprint density at radius 3 is 2.93 bits per heavy atom. The van der Waals surface area contributed by atoms with E-state index in [2.05, 4.69) is 21.2 Å². The van der Waals surface area contributed by atoms with Crippen LogP contribution in [0.2, 0.25) is 0 Å². The molecule has 2 aromatic heterocycles. The lowest BCUT2D eigenvalue weighted by atomic mass is 10.2. The fourth-order valence-electron chi connectivity index (χ4n) is 3.06. The minimum atomic E-state index is -0.0172. The summed E-state index contributed by atoms with van der Waals surface area (Å²) in [6, 6.07) is 13.9. The first-order valence-electron chi connectivity index (χ1n) is 8.92. The maximum Gasteiger partial charge on any atom is 0.230 e. The number of amides is 1. The average molecular weight is 459 g/mol. The number of thioether (sulfide) groups is 1. The van der Waals surface area contributed by atoms with Gasteiger partial charge in [0.2, 0.25) is 5.91 Å². The summed E-state index contributed by atoms with van der Waals surface area (Å²) in [5.74, 6) is 0.278. The molecule has 0 radical (unpaired) electrons. The molecule has 28 heavy (non-hydrogen) atoms. The summed E-state index contributed by atoms with van der Waals surface area (Å²) in [7, 11) is 1.66. The number of imidazole rings is 1. The molecular weight excluding hydrogens is 440 g/mol. The second-order valence-corrected chi connectivity index (χ2v) is 8.16. The molecule has 4 aromatic rings. The molecule has 0 spiro atoms. The lowest BCUT2D eigenvalue weighted by Gasteiger charge is -2.09. The Morgan fingerprint density at radius 2 is 2.07 bits per heavy atom. The topological polar surface area (TPSA) is 68.5 Å². The van der Waals surface area contributed by atoms with Gasteiger partial charge in [-0.05, 0) is 36.8 Å². The Morgan fingerprint density at radius 1 is 1.21 bits per heavy atom. The minimum absolute atomic E-state index is 0.0172. The zero-order chi connectivity index (χ0) is 19.5. The van der Waals surface area contributed by atoms with E-state index in [-0.39, 0.29) is 5.91 Å². The normalized spacial score (nSPS) is 11.5. The SMILES string of the molecule is COCCCNC(=O)CSc1nc2ccc(Br)cc2c2nc3ccccc3n12. The van der Waals surface area contributed by atoms with Gasteiger partial charge in [0.15, 0.2) is 5.16 Å². The molecule has 0 aliphatic carbocycles. The van der Waals surface area contributed by atoms with Crippen molar-refractivity contribution < 1.29 is 9.53 Å². The Labute approximate surface area is 174 Å². The third kappa shape index (κ3) is 3.85. The number of para-hydroxylation sites is 2. The molecule has 8 heteroatoms. The van der Waals surface area contributed by atoms with Crippen LogP contribution in [0.4, 0.5) is 0 Å². The summed E-state index contributed by atoms with van der Waals surface area (Å²) in [6.45, 7) is 1.24. The van der Waals surface area contributed by atoms with Crippen LogP contribution in [0.5, 0.6) is 0 Å². The van der Waals surface area contributed by atoms with E-state index >= 15 is 0 Å². The number of nitrogens with zero attached hydrogens (tertiary/aromatic N) is 3. The number of aromatic nitrogens is 3. The number of carbonyl (C=O) groups is 1. The third-order valence-corrected chi connectivity index (χ3v) is 5.78. The lowest BCUT2D eigenvalue weighted by molar-refractivity contribution is -0.118. The van der Waals surface area contributed by atoms with Crippen LogP contribution >= 0.6 is 27.7 Å². The second kappa shape index (κ2) is 8.46. The molecule has 2 aromatic carbocycles. The molecule has 144 valence electrons. The largest absolute Gasteiger partial charge is 0.385 e. The standard InChI is InChI=1S/C20H19BrN4O2S/c1-27-10-4-9-22-18(26)12-28-20-24-15-8-7-13(21)11-14(15)19-23-16-5-2-3-6-17(16)25(19)20/h2-3,5-8,11H,4,9-10,12H2,1H3,(H,22,26). The monoisotopic (exact) mass is 458 g/mol. The number of nitrogens with one attached hydrogen (secondary N) is 1. The van der Waals surface area contributed by atoms with Crippen molar-refractivity contribution >= 4 is 61.2 Å². The van der Waals surface area contributed by atoms with Crippen LogP contribution in [-0.4, -0.2) is 46.3 Å². The van der Waals surface area contributed by atoms with Crippen LogP contribution < -0.4 is 5.32 Å². The number of hydrogen-bond donors (Lipinski definition) is 1. The van der Waals surface area contributed by atoms with Gasteiger partial charge in [-0.15, -0.1) is 0 Å². The predicted molar refractivity (Wildman–Crippen MR) is 116 cm³/mol. The Hall–Kier alpha value is -2.16. The lowest BCUT2D eigenvalue weighted by Crippen LogP contribution is -2.27. The highest BCUT2D eigenvalue weighted by molar-refractivity contribution is 9.10. The summed E-state index contributed by atoms with van der Waals surface area (Å²) in [6.07, 6.45) is 0.798. The van der Waals surface area contributed by atoms with Crippen molar-refractivity contribution in [3.63, 3.8) is 0 Å². The van der Waals surface area contributed by atoms with Crippen LogP contribution in [-0.2, 0) is 9.53 Å². The molecule has 4 rings (SSSR count). The van der Waals surface area contributed by atoms with Gasteiger partial charge in [-0.1, -0.05) is 39.8 Å². The zero-order valence-electron chi connectivity index (χ0n) is 15.3.